The van der Waals surface area contributed by atoms with E-state index in [1.807, 2.05) is 30.3 Å². The molecule has 0 spiro atoms. The van der Waals surface area contributed by atoms with E-state index in [1.165, 1.54) is 0 Å². The van der Waals surface area contributed by atoms with Crippen molar-refractivity contribution in [1.29, 1.82) is 0 Å². The van der Waals surface area contributed by atoms with Crippen LogP contribution in [0.5, 0.6) is 0 Å². The van der Waals surface area contributed by atoms with E-state index in [-0.39, 0.29) is 17.6 Å². The number of rotatable bonds is 3. The molecule has 3 heteroatoms. The second-order valence-electron chi connectivity index (χ2n) is 5.11. The van der Waals surface area contributed by atoms with Crippen molar-refractivity contribution in [3.8, 4) is 0 Å². The SMILES string of the molecule is CC(=O)C1CCCCC1(C(N)=O)c1ccccc1. The van der Waals surface area contributed by atoms with Gasteiger partial charge >= 0.3 is 0 Å². The van der Waals surface area contributed by atoms with E-state index in [9.17, 15) is 9.59 Å². The van der Waals surface area contributed by atoms with Crippen molar-refractivity contribution in [3.63, 3.8) is 0 Å². The summed E-state index contributed by atoms with van der Waals surface area (Å²) in [4.78, 5) is 23.9. The second kappa shape index (κ2) is 4.92. The number of hydrogen-bond acceptors (Lipinski definition) is 2. The number of amides is 1. The number of Topliss-reactive ketones (excluding diaryl/α,β-unsaturated/α-hetero) is 1. The van der Waals surface area contributed by atoms with E-state index in [1.54, 1.807) is 6.92 Å². The van der Waals surface area contributed by atoms with Crippen molar-refractivity contribution in [2.45, 2.75) is 38.0 Å². The van der Waals surface area contributed by atoms with Gasteiger partial charge in [-0.3, -0.25) is 9.59 Å². The highest BCUT2D eigenvalue weighted by Crippen LogP contribution is 2.44. The highest BCUT2D eigenvalue weighted by molar-refractivity contribution is 5.94. The van der Waals surface area contributed by atoms with Crippen LogP contribution in [0.2, 0.25) is 0 Å². The zero-order valence-corrected chi connectivity index (χ0v) is 10.7. The fraction of sp³-hybridized carbons (Fsp3) is 0.467. The minimum absolute atomic E-state index is 0.0670. The fourth-order valence-corrected chi connectivity index (χ4v) is 3.24. The highest BCUT2D eigenvalue weighted by atomic mass is 16.1. The van der Waals surface area contributed by atoms with Gasteiger partial charge in [0.15, 0.2) is 0 Å². The molecular weight excluding hydrogens is 226 g/mol. The Balaban J connectivity index is 2.54. The number of nitrogens with two attached hydrogens (primary N) is 1. The van der Waals surface area contributed by atoms with Gasteiger partial charge in [0.05, 0.1) is 5.41 Å². The first-order valence-corrected chi connectivity index (χ1v) is 6.45. The molecule has 0 heterocycles. The first-order chi connectivity index (χ1) is 8.59. The van der Waals surface area contributed by atoms with Crippen LogP contribution in [0.3, 0.4) is 0 Å². The lowest BCUT2D eigenvalue weighted by molar-refractivity contribution is -0.135. The number of primary amides is 1. The normalized spacial score (nSPS) is 27.7. The maximum Gasteiger partial charge on any atom is 0.228 e. The first-order valence-electron chi connectivity index (χ1n) is 6.45. The van der Waals surface area contributed by atoms with E-state index in [0.29, 0.717) is 6.42 Å². The molecule has 18 heavy (non-hydrogen) atoms. The molecule has 0 bridgehead atoms. The fourth-order valence-electron chi connectivity index (χ4n) is 3.24. The minimum Gasteiger partial charge on any atom is -0.369 e. The van der Waals surface area contributed by atoms with Crippen LogP contribution >= 0.6 is 0 Å². The Kier molecular flexibility index (Phi) is 3.50. The lowest BCUT2D eigenvalue weighted by atomic mass is 9.61. The summed E-state index contributed by atoms with van der Waals surface area (Å²) in [5.74, 6) is -0.572. The van der Waals surface area contributed by atoms with Crippen LogP contribution in [0.15, 0.2) is 30.3 Å². The number of carbonyl (C=O) groups excluding carboxylic acids is 2. The standard InChI is InChI=1S/C15H19NO2/c1-11(17)13-9-5-6-10-15(13,14(16)18)12-7-3-2-4-8-12/h2-4,7-8,13H,5-6,9-10H2,1H3,(H2,16,18). The van der Waals surface area contributed by atoms with Gasteiger partial charge in [-0.2, -0.15) is 0 Å². The summed E-state index contributed by atoms with van der Waals surface area (Å²) in [6.45, 7) is 1.57. The molecule has 0 aromatic heterocycles. The Hall–Kier alpha value is -1.64. The van der Waals surface area contributed by atoms with Gasteiger partial charge < -0.3 is 5.73 Å². The molecule has 1 aromatic rings. The van der Waals surface area contributed by atoms with Crippen LogP contribution < -0.4 is 5.73 Å². The third-order valence-electron chi connectivity index (χ3n) is 4.13. The van der Waals surface area contributed by atoms with Crippen LogP contribution in [-0.2, 0) is 15.0 Å². The van der Waals surface area contributed by atoms with Crippen molar-refractivity contribution < 1.29 is 9.59 Å². The molecular formula is C15H19NO2. The summed E-state index contributed by atoms with van der Waals surface area (Å²) in [7, 11) is 0. The van der Waals surface area contributed by atoms with Gasteiger partial charge in [-0.1, -0.05) is 43.2 Å². The average molecular weight is 245 g/mol. The number of benzene rings is 1. The van der Waals surface area contributed by atoms with Gasteiger partial charge in [-0.25, -0.2) is 0 Å². The van der Waals surface area contributed by atoms with Crippen molar-refractivity contribution in [1.82, 2.24) is 0 Å². The second-order valence-corrected chi connectivity index (χ2v) is 5.11. The molecule has 1 aliphatic rings. The number of hydrogen-bond donors (Lipinski definition) is 1. The summed E-state index contributed by atoms with van der Waals surface area (Å²) in [6.07, 6.45) is 3.37. The van der Waals surface area contributed by atoms with Crippen LogP contribution in [0.25, 0.3) is 0 Å². The molecule has 2 unspecified atom stereocenters. The molecule has 1 aromatic carbocycles. The Morgan fingerprint density at radius 3 is 2.44 bits per heavy atom. The lowest BCUT2D eigenvalue weighted by Crippen LogP contribution is -2.51. The van der Waals surface area contributed by atoms with Gasteiger partial charge in [-0.15, -0.1) is 0 Å². The van der Waals surface area contributed by atoms with Crippen molar-refractivity contribution in [3.05, 3.63) is 35.9 Å². The third-order valence-corrected chi connectivity index (χ3v) is 4.13. The van der Waals surface area contributed by atoms with E-state index in [2.05, 4.69) is 0 Å². The third kappa shape index (κ3) is 1.94. The first kappa shape index (κ1) is 12.8. The Labute approximate surface area is 107 Å². The van der Waals surface area contributed by atoms with Crippen molar-refractivity contribution in [2.24, 2.45) is 11.7 Å². The molecule has 2 N–H and O–H groups in total. The Morgan fingerprint density at radius 1 is 1.22 bits per heavy atom. The monoisotopic (exact) mass is 245 g/mol. The Bertz CT molecular complexity index is 455. The molecule has 0 radical (unpaired) electrons. The molecule has 96 valence electrons. The van der Waals surface area contributed by atoms with E-state index in [0.717, 1.165) is 24.8 Å². The Morgan fingerprint density at radius 2 is 1.89 bits per heavy atom. The molecule has 0 saturated heterocycles. The van der Waals surface area contributed by atoms with E-state index >= 15 is 0 Å². The molecule has 0 aliphatic heterocycles. The molecule has 1 amide bonds. The van der Waals surface area contributed by atoms with Crippen molar-refractivity contribution >= 4 is 11.7 Å². The maximum absolute atomic E-state index is 12.1. The molecule has 3 nitrogen and oxygen atoms in total. The maximum atomic E-state index is 12.1. The van der Waals surface area contributed by atoms with Crippen LogP contribution in [-0.4, -0.2) is 11.7 Å². The van der Waals surface area contributed by atoms with Gasteiger partial charge in [0, 0.05) is 5.92 Å². The quantitative estimate of drug-likeness (QED) is 0.887. The summed E-state index contributed by atoms with van der Waals surface area (Å²) < 4.78 is 0. The minimum atomic E-state index is -0.800. The summed E-state index contributed by atoms with van der Waals surface area (Å²) >= 11 is 0. The van der Waals surface area contributed by atoms with Gasteiger partial charge in [0.1, 0.15) is 5.78 Å². The smallest absolute Gasteiger partial charge is 0.228 e. The molecule has 1 saturated carbocycles. The van der Waals surface area contributed by atoms with Gasteiger partial charge in [-0.05, 0) is 25.3 Å². The lowest BCUT2D eigenvalue weighted by Gasteiger charge is -2.41. The summed E-state index contributed by atoms with van der Waals surface area (Å²) in [6, 6.07) is 9.51. The number of ketones is 1. The molecule has 1 fully saturated rings. The van der Waals surface area contributed by atoms with Crippen LogP contribution in [0.1, 0.15) is 38.2 Å². The molecule has 2 atom stereocenters. The van der Waals surface area contributed by atoms with E-state index < -0.39 is 5.41 Å². The highest BCUT2D eigenvalue weighted by Gasteiger charge is 2.48. The van der Waals surface area contributed by atoms with Crippen LogP contribution in [0.4, 0.5) is 0 Å². The summed E-state index contributed by atoms with van der Waals surface area (Å²) in [5, 5.41) is 0. The van der Waals surface area contributed by atoms with Gasteiger partial charge in [0.25, 0.3) is 0 Å². The molecule has 2 rings (SSSR count). The average Bonchev–Trinajstić information content (AvgIpc) is 2.39. The van der Waals surface area contributed by atoms with E-state index in [4.69, 9.17) is 5.73 Å². The van der Waals surface area contributed by atoms with Crippen molar-refractivity contribution in [2.75, 3.05) is 0 Å². The zero-order valence-electron chi connectivity index (χ0n) is 10.7. The largest absolute Gasteiger partial charge is 0.369 e. The molecule has 1 aliphatic carbocycles. The predicted octanol–water partition coefficient (Wildman–Crippen LogP) is 2.19. The topological polar surface area (TPSA) is 60.2 Å². The summed E-state index contributed by atoms with van der Waals surface area (Å²) in [5.41, 5.74) is 5.76. The predicted molar refractivity (Wildman–Crippen MR) is 70.0 cm³/mol. The zero-order chi connectivity index (χ0) is 13.2. The number of carbonyl (C=O) groups is 2. The van der Waals surface area contributed by atoms with Gasteiger partial charge in [0.2, 0.25) is 5.91 Å². The van der Waals surface area contributed by atoms with Crippen LogP contribution in [0, 0.1) is 5.92 Å².